The number of benzene rings is 1. The molecule has 5 heteroatoms. The summed E-state index contributed by atoms with van der Waals surface area (Å²) in [5.41, 5.74) is 0.591. The second kappa shape index (κ2) is 5.98. The lowest BCUT2D eigenvalue weighted by Gasteiger charge is -2.49. The van der Waals surface area contributed by atoms with Crippen molar-refractivity contribution in [1.29, 1.82) is 0 Å². The largest absolute Gasteiger partial charge is 0.507 e. The number of furan rings is 1. The molecule has 3 fully saturated rings. The maximum absolute atomic E-state index is 12.6. The molecule has 0 radical (unpaired) electrons. The number of nitrogens with one attached hydrogen (secondary N) is 1. The van der Waals surface area contributed by atoms with Gasteiger partial charge in [0.15, 0.2) is 5.76 Å². The van der Waals surface area contributed by atoms with E-state index in [9.17, 15) is 9.90 Å². The van der Waals surface area contributed by atoms with Crippen molar-refractivity contribution in [2.45, 2.75) is 31.8 Å². The lowest BCUT2D eigenvalue weighted by molar-refractivity contribution is 0.0211. The molecule has 1 aromatic carbocycles. The fourth-order valence-electron chi connectivity index (χ4n) is 4.05. The highest BCUT2D eigenvalue weighted by Gasteiger charge is 2.40. The minimum absolute atomic E-state index is 0.143. The van der Waals surface area contributed by atoms with Gasteiger partial charge in [-0.1, -0.05) is 12.1 Å². The van der Waals surface area contributed by atoms with Gasteiger partial charge in [0.25, 0.3) is 5.91 Å². The Hall–Kier alpha value is -2.27. The molecule has 2 bridgehead atoms. The zero-order valence-electron chi connectivity index (χ0n) is 13.7. The van der Waals surface area contributed by atoms with Gasteiger partial charge in [-0.25, -0.2) is 0 Å². The molecule has 2 atom stereocenters. The van der Waals surface area contributed by atoms with Gasteiger partial charge < -0.3 is 14.8 Å². The Balaban J connectivity index is 1.51. The number of rotatable bonds is 3. The van der Waals surface area contributed by atoms with Gasteiger partial charge in [-0.2, -0.15) is 0 Å². The van der Waals surface area contributed by atoms with Crippen molar-refractivity contribution >= 4 is 5.91 Å². The van der Waals surface area contributed by atoms with Crippen LogP contribution in [0.1, 0.15) is 30.3 Å². The van der Waals surface area contributed by atoms with Crippen LogP contribution in [0, 0.1) is 5.92 Å². The Bertz CT molecular complexity index is 745. The third-order valence-corrected chi connectivity index (χ3v) is 5.47. The van der Waals surface area contributed by atoms with E-state index in [1.807, 2.05) is 6.07 Å². The number of aromatic hydroxyl groups is 1. The molecule has 3 aliphatic heterocycles. The summed E-state index contributed by atoms with van der Waals surface area (Å²) in [7, 11) is 0. The summed E-state index contributed by atoms with van der Waals surface area (Å²) in [5, 5.41) is 13.1. The van der Waals surface area contributed by atoms with Crippen LogP contribution in [0.4, 0.5) is 0 Å². The van der Waals surface area contributed by atoms with E-state index in [-0.39, 0.29) is 23.5 Å². The summed E-state index contributed by atoms with van der Waals surface area (Å²) >= 11 is 0. The SMILES string of the molecule is CC1C(NC(=O)c2ccc(-c3ccccc3O)o2)C2CCN1CC2. The van der Waals surface area contributed by atoms with E-state index in [0.29, 0.717) is 23.3 Å². The molecule has 126 valence electrons. The number of amides is 1. The standard InChI is InChI=1S/C19H22N2O3/c1-12-18(13-8-10-21(12)11-9-13)20-19(23)17-7-6-16(24-17)14-4-2-3-5-15(14)22/h2-7,12-13,18,22H,8-11H2,1H3,(H,20,23). The molecule has 1 amide bonds. The van der Waals surface area contributed by atoms with Crippen LogP contribution in [0.25, 0.3) is 11.3 Å². The van der Waals surface area contributed by atoms with Gasteiger partial charge in [0.2, 0.25) is 0 Å². The molecule has 4 heterocycles. The zero-order chi connectivity index (χ0) is 16.7. The predicted octanol–water partition coefficient (Wildman–Crippen LogP) is 2.86. The number of phenols is 1. The molecule has 5 nitrogen and oxygen atoms in total. The first-order chi connectivity index (χ1) is 11.6. The lowest BCUT2D eigenvalue weighted by Crippen LogP contribution is -2.62. The molecule has 0 aliphatic carbocycles. The number of fused-ring (bicyclic) bond motifs is 3. The van der Waals surface area contributed by atoms with E-state index in [1.165, 1.54) is 0 Å². The van der Waals surface area contributed by atoms with Crippen LogP contribution in [0.5, 0.6) is 5.75 Å². The van der Waals surface area contributed by atoms with Crippen molar-refractivity contribution < 1.29 is 14.3 Å². The number of nitrogens with zero attached hydrogens (tertiary/aromatic N) is 1. The fraction of sp³-hybridized carbons (Fsp3) is 0.421. The van der Waals surface area contributed by atoms with Crippen LogP contribution < -0.4 is 5.32 Å². The van der Waals surface area contributed by atoms with Crippen LogP contribution in [-0.4, -0.2) is 41.1 Å². The van der Waals surface area contributed by atoms with Gasteiger partial charge in [0.1, 0.15) is 11.5 Å². The van der Waals surface area contributed by atoms with Crippen molar-refractivity contribution in [2.24, 2.45) is 5.92 Å². The van der Waals surface area contributed by atoms with Gasteiger partial charge in [-0.3, -0.25) is 9.69 Å². The molecule has 0 spiro atoms. The molecule has 2 aromatic rings. The van der Waals surface area contributed by atoms with Crippen molar-refractivity contribution in [3.63, 3.8) is 0 Å². The van der Waals surface area contributed by atoms with Crippen LogP contribution >= 0.6 is 0 Å². The van der Waals surface area contributed by atoms with Gasteiger partial charge in [-0.05, 0) is 63.0 Å². The second-order valence-electron chi connectivity index (χ2n) is 6.79. The van der Waals surface area contributed by atoms with Crippen LogP contribution in [-0.2, 0) is 0 Å². The summed E-state index contributed by atoms with van der Waals surface area (Å²) < 4.78 is 5.68. The highest BCUT2D eigenvalue weighted by Crippen LogP contribution is 2.33. The quantitative estimate of drug-likeness (QED) is 0.910. The third-order valence-electron chi connectivity index (χ3n) is 5.47. The molecule has 3 aliphatic rings. The van der Waals surface area contributed by atoms with E-state index < -0.39 is 0 Å². The summed E-state index contributed by atoms with van der Waals surface area (Å²) in [4.78, 5) is 15.0. The fourth-order valence-corrected chi connectivity index (χ4v) is 4.05. The Morgan fingerprint density at radius 1 is 1.21 bits per heavy atom. The molecule has 0 saturated carbocycles. The highest BCUT2D eigenvalue weighted by molar-refractivity contribution is 5.92. The van der Waals surface area contributed by atoms with Crippen molar-refractivity contribution in [3.05, 3.63) is 42.2 Å². The van der Waals surface area contributed by atoms with Crippen molar-refractivity contribution in [1.82, 2.24) is 10.2 Å². The minimum Gasteiger partial charge on any atom is -0.507 e. The Morgan fingerprint density at radius 2 is 1.96 bits per heavy atom. The number of hydrogen-bond donors (Lipinski definition) is 2. The maximum atomic E-state index is 12.6. The molecule has 2 unspecified atom stereocenters. The molecule has 24 heavy (non-hydrogen) atoms. The lowest BCUT2D eigenvalue weighted by atomic mass is 9.79. The molecular formula is C19H22N2O3. The molecular weight excluding hydrogens is 304 g/mol. The normalized spacial score (nSPS) is 28.7. The summed E-state index contributed by atoms with van der Waals surface area (Å²) in [6.07, 6.45) is 2.30. The second-order valence-corrected chi connectivity index (χ2v) is 6.79. The number of piperidine rings is 3. The van der Waals surface area contributed by atoms with Gasteiger partial charge in [0, 0.05) is 12.1 Å². The van der Waals surface area contributed by atoms with Crippen LogP contribution in [0.3, 0.4) is 0 Å². The first-order valence-electron chi connectivity index (χ1n) is 8.56. The van der Waals surface area contributed by atoms with Crippen molar-refractivity contribution in [3.8, 4) is 17.1 Å². The van der Waals surface area contributed by atoms with Crippen LogP contribution in [0.15, 0.2) is 40.8 Å². The number of carbonyl (C=O) groups excluding carboxylic acids is 1. The Kier molecular flexibility index (Phi) is 3.81. The number of phenolic OH excluding ortho intramolecular Hbond substituents is 1. The topological polar surface area (TPSA) is 65.7 Å². The van der Waals surface area contributed by atoms with Crippen molar-refractivity contribution in [2.75, 3.05) is 13.1 Å². The van der Waals surface area contributed by atoms with Crippen LogP contribution in [0.2, 0.25) is 0 Å². The Morgan fingerprint density at radius 3 is 2.67 bits per heavy atom. The van der Waals surface area contributed by atoms with Gasteiger partial charge in [0.05, 0.1) is 5.56 Å². The average molecular weight is 326 g/mol. The third kappa shape index (κ3) is 2.59. The number of hydrogen-bond acceptors (Lipinski definition) is 4. The summed E-state index contributed by atoms with van der Waals surface area (Å²) in [6.45, 7) is 4.46. The number of para-hydroxylation sites is 1. The smallest absolute Gasteiger partial charge is 0.287 e. The Labute approximate surface area is 141 Å². The highest BCUT2D eigenvalue weighted by atomic mass is 16.4. The van der Waals surface area contributed by atoms with Gasteiger partial charge >= 0.3 is 0 Å². The first kappa shape index (κ1) is 15.3. The first-order valence-corrected chi connectivity index (χ1v) is 8.56. The molecule has 1 aromatic heterocycles. The monoisotopic (exact) mass is 326 g/mol. The molecule has 2 N–H and O–H groups in total. The minimum atomic E-state index is -0.178. The van der Waals surface area contributed by atoms with E-state index in [1.54, 1.807) is 30.3 Å². The predicted molar refractivity (Wildman–Crippen MR) is 90.8 cm³/mol. The summed E-state index contributed by atoms with van der Waals surface area (Å²) in [5.74, 6) is 1.31. The summed E-state index contributed by atoms with van der Waals surface area (Å²) in [6, 6.07) is 10.9. The van der Waals surface area contributed by atoms with E-state index >= 15 is 0 Å². The van der Waals surface area contributed by atoms with E-state index in [0.717, 1.165) is 25.9 Å². The molecule has 5 rings (SSSR count). The van der Waals surface area contributed by atoms with E-state index in [4.69, 9.17) is 4.42 Å². The maximum Gasteiger partial charge on any atom is 0.287 e. The zero-order valence-corrected chi connectivity index (χ0v) is 13.7. The number of carbonyl (C=O) groups is 1. The molecule has 3 saturated heterocycles. The average Bonchev–Trinajstić information content (AvgIpc) is 3.09. The van der Waals surface area contributed by atoms with E-state index in [2.05, 4.69) is 17.1 Å². The van der Waals surface area contributed by atoms with Gasteiger partial charge in [-0.15, -0.1) is 0 Å².